The minimum atomic E-state index is -3.96. The van der Waals surface area contributed by atoms with Crippen molar-refractivity contribution in [3.8, 4) is 11.5 Å². The number of ether oxygens (including phenoxy) is 2. The zero-order chi connectivity index (χ0) is 24.3. The molecule has 0 aliphatic carbocycles. The summed E-state index contributed by atoms with van der Waals surface area (Å²) in [6.07, 6.45) is 3.20. The molecule has 2 aromatic carbocycles. The molecule has 0 unspecified atom stereocenters. The Balaban J connectivity index is 1.78. The van der Waals surface area contributed by atoms with Crippen LogP contribution >= 0.6 is 11.6 Å². The summed E-state index contributed by atoms with van der Waals surface area (Å²) in [5.74, 6) is 0.968. The van der Waals surface area contributed by atoms with E-state index in [9.17, 15) is 13.2 Å². The summed E-state index contributed by atoms with van der Waals surface area (Å²) in [6.45, 7) is -0.123. The molecule has 10 heteroatoms. The number of hydrogen-bond donors (Lipinski definition) is 1. The number of pyridine rings is 2. The van der Waals surface area contributed by atoms with E-state index in [4.69, 9.17) is 21.1 Å². The molecule has 0 fully saturated rings. The molecule has 0 spiro atoms. The van der Waals surface area contributed by atoms with Crippen LogP contribution in [0, 0.1) is 0 Å². The van der Waals surface area contributed by atoms with Crippen LogP contribution in [-0.2, 0) is 23.1 Å². The maximum Gasteiger partial charge on any atom is 0.252 e. The van der Waals surface area contributed by atoms with E-state index in [2.05, 4.69) is 9.97 Å². The number of hydrogen-bond acceptors (Lipinski definition) is 6. The van der Waals surface area contributed by atoms with E-state index in [0.29, 0.717) is 33.0 Å². The molecule has 8 nitrogen and oxygen atoms in total. The van der Waals surface area contributed by atoms with Crippen LogP contribution in [-0.4, -0.2) is 36.9 Å². The molecule has 4 aromatic rings. The van der Waals surface area contributed by atoms with Crippen LogP contribution in [0.4, 0.5) is 0 Å². The minimum Gasteiger partial charge on any atom is -0.493 e. The lowest BCUT2D eigenvalue weighted by molar-refractivity contribution is 0.355. The highest BCUT2D eigenvalue weighted by Gasteiger charge is 2.26. The number of benzene rings is 2. The summed E-state index contributed by atoms with van der Waals surface area (Å²) >= 11 is 5.94. The maximum atomic E-state index is 13.5. The summed E-state index contributed by atoms with van der Waals surface area (Å²) in [4.78, 5) is 19.9. The molecule has 4 rings (SSSR count). The Labute approximate surface area is 201 Å². The van der Waals surface area contributed by atoms with E-state index < -0.39 is 15.6 Å². The number of sulfonamides is 1. The Kier molecular flexibility index (Phi) is 6.87. The fraction of sp³-hybridized carbons (Fsp3) is 0.167. The van der Waals surface area contributed by atoms with Gasteiger partial charge in [-0.1, -0.05) is 17.7 Å². The standard InChI is InChI=1S/C24H22ClN3O5S/c1-32-22-11-17-10-18(24(29)27-21(17)12-23(22)33-2)15-28(14-16-4-3-9-26-13-16)34(30,31)20-7-5-19(25)6-8-20/h3-13H,14-15H2,1-2H3,(H,27,29). The van der Waals surface area contributed by atoms with Crippen molar-refractivity contribution in [2.75, 3.05) is 14.2 Å². The van der Waals surface area contributed by atoms with Crippen molar-refractivity contribution in [2.45, 2.75) is 18.0 Å². The average Bonchev–Trinajstić information content (AvgIpc) is 2.84. The number of methoxy groups -OCH3 is 2. The number of aromatic nitrogens is 2. The first-order chi connectivity index (χ1) is 16.3. The summed E-state index contributed by atoms with van der Waals surface area (Å²) < 4.78 is 38.9. The summed E-state index contributed by atoms with van der Waals surface area (Å²) in [5.41, 5.74) is 1.11. The first-order valence-corrected chi connectivity index (χ1v) is 12.1. The molecule has 0 saturated carbocycles. The molecule has 0 aliphatic rings. The molecule has 0 bridgehead atoms. The third-order valence-corrected chi connectivity index (χ3v) is 7.36. The molecular formula is C24H22ClN3O5S. The lowest BCUT2D eigenvalue weighted by Crippen LogP contribution is -2.32. The summed E-state index contributed by atoms with van der Waals surface area (Å²) in [5, 5.41) is 1.10. The lowest BCUT2D eigenvalue weighted by Gasteiger charge is -2.22. The Hall–Kier alpha value is -3.40. The fourth-order valence-electron chi connectivity index (χ4n) is 3.56. The Morgan fingerprint density at radius 3 is 2.35 bits per heavy atom. The average molecular weight is 500 g/mol. The molecular weight excluding hydrogens is 478 g/mol. The molecule has 0 radical (unpaired) electrons. The normalized spacial score (nSPS) is 11.6. The van der Waals surface area contributed by atoms with Crippen molar-refractivity contribution < 1.29 is 17.9 Å². The van der Waals surface area contributed by atoms with E-state index >= 15 is 0 Å². The smallest absolute Gasteiger partial charge is 0.252 e. The van der Waals surface area contributed by atoms with Gasteiger partial charge in [-0.05, 0) is 48.0 Å². The van der Waals surface area contributed by atoms with Gasteiger partial charge in [-0.15, -0.1) is 0 Å². The third-order valence-electron chi connectivity index (χ3n) is 5.31. The van der Waals surface area contributed by atoms with E-state index in [1.54, 1.807) is 42.7 Å². The Morgan fingerprint density at radius 2 is 1.71 bits per heavy atom. The third kappa shape index (κ3) is 4.91. The zero-order valence-electron chi connectivity index (χ0n) is 18.5. The molecule has 0 atom stereocenters. The number of nitrogens with one attached hydrogen (secondary N) is 1. The highest BCUT2D eigenvalue weighted by Crippen LogP contribution is 2.31. The molecule has 0 saturated heterocycles. The van der Waals surface area contributed by atoms with Crippen LogP contribution < -0.4 is 15.0 Å². The van der Waals surface area contributed by atoms with Crippen molar-refractivity contribution >= 4 is 32.5 Å². The number of H-pyrrole nitrogens is 1. The quantitative estimate of drug-likeness (QED) is 0.393. The first-order valence-electron chi connectivity index (χ1n) is 10.2. The second-order valence-electron chi connectivity index (χ2n) is 7.51. The lowest BCUT2D eigenvalue weighted by atomic mass is 10.1. The number of nitrogens with zero attached hydrogens (tertiary/aromatic N) is 2. The molecule has 0 aliphatic heterocycles. The van der Waals surface area contributed by atoms with E-state index in [1.165, 1.54) is 42.8 Å². The number of fused-ring (bicyclic) bond motifs is 1. The van der Waals surface area contributed by atoms with Gasteiger partial charge in [0.25, 0.3) is 5.56 Å². The predicted octanol–water partition coefficient (Wildman–Crippen LogP) is 3.98. The van der Waals surface area contributed by atoms with Gasteiger partial charge >= 0.3 is 0 Å². The molecule has 0 amide bonds. The largest absolute Gasteiger partial charge is 0.493 e. The maximum absolute atomic E-state index is 13.5. The van der Waals surface area contributed by atoms with Crippen LogP contribution in [0.1, 0.15) is 11.1 Å². The van der Waals surface area contributed by atoms with Crippen molar-refractivity contribution in [1.82, 2.24) is 14.3 Å². The highest BCUT2D eigenvalue weighted by atomic mass is 35.5. The molecule has 34 heavy (non-hydrogen) atoms. The molecule has 2 aromatic heterocycles. The van der Waals surface area contributed by atoms with Gasteiger partial charge < -0.3 is 14.5 Å². The van der Waals surface area contributed by atoms with Crippen LogP contribution in [0.3, 0.4) is 0 Å². The van der Waals surface area contributed by atoms with Crippen LogP contribution in [0.2, 0.25) is 5.02 Å². The van der Waals surface area contributed by atoms with Crippen molar-refractivity contribution in [3.63, 3.8) is 0 Å². The van der Waals surface area contributed by atoms with Crippen LogP contribution in [0.15, 0.2) is 76.7 Å². The fourth-order valence-corrected chi connectivity index (χ4v) is 5.09. The van der Waals surface area contributed by atoms with Gasteiger partial charge in [0.15, 0.2) is 11.5 Å². The highest BCUT2D eigenvalue weighted by molar-refractivity contribution is 7.89. The van der Waals surface area contributed by atoms with Gasteiger partial charge in [-0.3, -0.25) is 9.78 Å². The Morgan fingerprint density at radius 1 is 1.00 bits per heavy atom. The van der Waals surface area contributed by atoms with E-state index in [1.807, 2.05) is 0 Å². The van der Waals surface area contributed by atoms with Gasteiger partial charge in [0.05, 0.1) is 24.6 Å². The SMILES string of the molecule is COc1cc2cc(CN(Cc3cccnc3)S(=O)(=O)c3ccc(Cl)cc3)c(=O)[nH]c2cc1OC. The van der Waals surface area contributed by atoms with Gasteiger partial charge in [0, 0.05) is 47.5 Å². The second-order valence-corrected chi connectivity index (χ2v) is 9.88. The number of aromatic amines is 1. The van der Waals surface area contributed by atoms with Crippen LogP contribution in [0.25, 0.3) is 10.9 Å². The summed E-state index contributed by atoms with van der Waals surface area (Å²) in [6, 6.07) is 14.5. The predicted molar refractivity (Wildman–Crippen MR) is 130 cm³/mol. The van der Waals surface area contributed by atoms with Gasteiger partial charge in [-0.2, -0.15) is 4.31 Å². The Bertz CT molecular complexity index is 1470. The minimum absolute atomic E-state index is 0.0300. The first kappa shape index (κ1) is 23.7. The summed E-state index contributed by atoms with van der Waals surface area (Å²) in [7, 11) is -0.932. The van der Waals surface area contributed by atoms with Gasteiger partial charge in [-0.25, -0.2) is 8.42 Å². The molecule has 176 valence electrons. The molecule has 1 N–H and O–H groups in total. The second kappa shape index (κ2) is 9.84. The zero-order valence-corrected chi connectivity index (χ0v) is 20.1. The van der Waals surface area contributed by atoms with Crippen molar-refractivity contribution in [3.05, 3.63) is 93.5 Å². The topological polar surface area (TPSA) is 102 Å². The van der Waals surface area contributed by atoms with Gasteiger partial charge in [0.1, 0.15) is 0 Å². The molecule has 2 heterocycles. The van der Waals surface area contributed by atoms with Crippen LogP contribution in [0.5, 0.6) is 11.5 Å². The number of rotatable bonds is 8. The monoisotopic (exact) mass is 499 g/mol. The van der Waals surface area contributed by atoms with Gasteiger partial charge in [0.2, 0.25) is 10.0 Å². The number of halogens is 1. The van der Waals surface area contributed by atoms with Crippen molar-refractivity contribution in [2.24, 2.45) is 0 Å². The van der Waals surface area contributed by atoms with E-state index in [-0.39, 0.29) is 23.5 Å². The van der Waals surface area contributed by atoms with E-state index in [0.717, 1.165) is 0 Å². The van der Waals surface area contributed by atoms with Crippen molar-refractivity contribution in [1.29, 1.82) is 0 Å².